The topological polar surface area (TPSA) is 383 Å². The number of nitrogens with two attached hydrogens (primary N) is 1. The molecule has 3 fully saturated rings. The highest BCUT2D eigenvalue weighted by Crippen LogP contribution is 2.31. The van der Waals surface area contributed by atoms with Gasteiger partial charge >= 0.3 is 0 Å². The quantitative estimate of drug-likeness (QED) is 0.0427. The minimum Gasteiger partial charge on any atom is -0.508 e. The summed E-state index contributed by atoms with van der Waals surface area (Å²) in [4.78, 5) is 100.0. The van der Waals surface area contributed by atoms with Crippen LogP contribution >= 0.6 is 0 Å². The zero-order valence-electron chi connectivity index (χ0n) is 45.8. The van der Waals surface area contributed by atoms with Crippen molar-refractivity contribution in [2.24, 2.45) is 11.7 Å². The maximum absolute atomic E-state index is 14.4. The fourth-order valence-electron chi connectivity index (χ4n) is 10.5. The minimum absolute atomic E-state index is 0.0323. The Kier molecular flexibility index (Phi) is 20.4. The first-order valence-corrected chi connectivity index (χ1v) is 27.2. The molecule has 4 aromatic rings. The molecule has 0 aromatic heterocycles. The number of phenolic OH excluding ortho intramolecular Hbond substituents is 1. The molecule has 24 nitrogen and oxygen atoms in total. The van der Waals surface area contributed by atoms with Crippen LogP contribution in [0.4, 0.5) is 0 Å². The Balaban J connectivity index is 1.05. The molecule has 3 heterocycles. The van der Waals surface area contributed by atoms with Gasteiger partial charge in [-0.25, -0.2) is 0 Å². The molecular weight excluding hydrogens is 1070 g/mol. The van der Waals surface area contributed by atoms with Crippen molar-refractivity contribution in [1.29, 1.82) is 0 Å². The van der Waals surface area contributed by atoms with Gasteiger partial charge in [0.1, 0.15) is 66.1 Å². The van der Waals surface area contributed by atoms with Crippen molar-refractivity contribution in [3.63, 3.8) is 0 Å². The molecule has 4 aromatic carbocycles. The van der Waals surface area contributed by atoms with E-state index in [-0.39, 0.29) is 23.4 Å². The molecule has 24 heteroatoms. The van der Waals surface area contributed by atoms with Crippen LogP contribution in [0.3, 0.4) is 0 Å². The van der Waals surface area contributed by atoms with E-state index in [1.807, 2.05) is 48.5 Å². The molecule has 442 valence electrons. The number of aliphatic hydroxyl groups excluding tert-OH is 8. The third kappa shape index (κ3) is 14.0. The van der Waals surface area contributed by atoms with Gasteiger partial charge in [0, 0.05) is 37.4 Å². The van der Waals surface area contributed by atoms with Gasteiger partial charge in [-0.05, 0) is 84.5 Å². The summed E-state index contributed by atoms with van der Waals surface area (Å²) in [7, 11) is 0. The number of aliphatic hydroxyl groups is 8. The zero-order valence-corrected chi connectivity index (χ0v) is 45.8. The van der Waals surface area contributed by atoms with E-state index in [1.165, 1.54) is 31.2 Å². The number of primary amides is 1. The average Bonchev–Trinajstić information content (AvgIpc) is 4.15. The summed E-state index contributed by atoms with van der Waals surface area (Å²) in [5.74, 6) is -8.02. The van der Waals surface area contributed by atoms with E-state index in [0.717, 1.165) is 87.9 Å². The Morgan fingerprint density at radius 2 is 1.16 bits per heavy atom. The second-order valence-corrected chi connectivity index (χ2v) is 21.3. The third-order valence-electron chi connectivity index (χ3n) is 15.3. The van der Waals surface area contributed by atoms with E-state index < -0.39 is 152 Å². The predicted molar refractivity (Wildman–Crippen MR) is 293 cm³/mol. The van der Waals surface area contributed by atoms with Crippen molar-refractivity contribution in [2.45, 2.75) is 145 Å². The first kappa shape index (κ1) is 62.1. The van der Waals surface area contributed by atoms with Crippen LogP contribution in [-0.2, 0) is 28.8 Å². The van der Waals surface area contributed by atoms with Gasteiger partial charge in [0.2, 0.25) is 35.4 Å². The lowest BCUT2D eigenvalue weighted by atomic mass is 9.96. The van der Waals surface area contributed by atoms with E-state index in [0.29, 0.717) is 6.61 Å². The number of amides is 7. The molecule has 7 rings (SSSR count). The van der Waals surface area contributed by atoms with Crippen molar-refractivity contribution in [3.05, 3.63) is 108 Å². The number of aromatic hydroxyl groups is 1. The number of nitrogens with one attached hydrogen (secondary N) is 3. The summed E-state index contributed by atoms with van der Waals surface area (Å²) < 4.78 is 5.83. The monoisotopic (exact) mass is 1140 g/mol. The Bertz CT molecular complexity index is 2890. The van der Waals surface area contributed by atoms with E-state index in [2.05, 4.69) is 22.9 Å². The molecule has 7 amide bonds. The molecule has 0 spiro atoms. The highest BCUT2D eigenvalue weighted by atomic mass is 16.5. The summed E-state index contributed by atoms with van der Waals surface area (Å²) >= 11 is 0. The standard InChI is InChI=1S/C58H73N7O17/c1-5-6-7-24-82-40-22-18-35(19-23-40)33-10-8-32(9-11-33)34-12-14-37(15-13-34)55(78)65-42(26-43(70)56(65)79)53(76)60-44(30(3)66)57(80)63-28-39(69)25-41(63)52(75)62-46(50(73)49(72)36-16-20-38(68)21-17-36)54(77)61-45(31(4)67)58(81)64-27-29(2)48(71)47(64)51(59)74/h8-23,29-31,39,41-50,56,66-73,79H,5-7,24-28H2,1-4H3,(H2,59,74)(H,60,76)(H,61,77)(H,62,75)/t29-,30-,31-,39+,41-,42+,43+,44-,45-,46-,47+,48-,49-,50-,56+/m0/s1. The molecule has 15 atom stereocenters. The summed E-state index contributed by atoms with van der Waals surface area (Å²) in [5.41, 5.74) is 8.97. The Hall–Kier alpha value is -7.55. The van der Waals surface area contributed by atoms with Crippen LogP contribution in [0.15, 0.2) is 97.1 Å². The largest absolute Gasteiger partial charge is 0.508 e. The number of hydrogen-bond donors (Lipinski definition) is 13. The SMILES string of the molecule is CCCCCOc1ccc(-c2ccc(-c3ccc(C(=O)N4[C@@H](C(=O)N[C@H](C(=O)N5C[C@H](O)C[C@H]5C(=O)N[C@H](C(=O)N[C@H](C(=O)N5C[C@H](C)[C@H](O)[C@@H]5C(N)=O)[C@H](C)O)[C@H](O)[C@@H](O)c5ccc(O)cc5)[C@H](C)O)C[C@@H](O)[C@H]4O)cc3)cc2)cc1. The van der Waals surface area contributed by atoms with Crippen molar-refractivity contribution in [2.75, 3.05) is 19.7 Å². The van der Waals surface area contributed by atoms with Gasteiger partial charge in [0.05, 0.1) is 31.0 Å². The molecular formula is C58H73N7O17. The van der Waals surface area contributed by atoms with Gasteiger partial charge in [-0.3, -0.25) is 38.5 Å². The van der Waals surface area contributed by atoms with Gasteiger partial charge in [0.25, 0.3) is 5.91 Å². The van der Waals surface area contributed by atoms with E-state index in [4.69, 9.17) is 10.5 Å². The molecule has 0 radical (unpaired) electrons. The predicted octanol–water partition coefficient (Wildman–Crippen LogP) is -0.846. The van der Waals surface area contributed by atoms with Crippen molar-refractivity contribution in [3.8, 4) is 33.8 Å². The number of rotatable bonds is 22. The van der Waals surface area contributed by atoms with Gasteiger partial charge < -0.3 is 82.2 Å². The number of benzene rings is 4. The summed E-state index contributed by atoms with van der Waals surface area (Å²) in [6, 6.07) is 15.6. The number of unbranched alkanes of at least 4 members (excludes halogenated alkanes) is 2. The van der Waals surface area contributed by atoms with Crippen molar-refractivity contribution < 1.29 is 84.3 Å². The lowest BCUT2D eigenvalue weighted by molar-refractivity contribution is -0.147. The number of β-amino-alcohol motifs (C(OH)–C–C–N with tert-alkyl or cyclic N) is 1. The minimum atomic E-state index is -2.29. The fourth-order valence-corrected chi connectivity index (χ4v) is 10.5. The van der Waals surface area contributed by atoms with Crippen LogP contribution in [0, 0.1) is 5.92 Å². The Morgan fingerprint density at radius 3 is 1.71 bits per heavy atom. The molecule has 0 bridgehead atoms. The molecule has 0 aliphatic carbocycles. The number of likely N-dealkylation sites (tertiary alicyclic amines) is 3. The van der Waals surface area contributed by atoms with Gasteiger partial charge in [-0.2, -0.15) is 0 Å². The number of ether oxygens (including phenoxy) is 1. The van der Waals surface area contributed by atoms with E-state index in [9.17, 15) is 79.5 Å². The van der Waals surface area contributed by atoms with Crippen LogP contribution in [0.5, 0.6) is 11.5 Å². The lowest BCUT2D eigenvalue weighted by Crippen LogP contribution is -2.64. The number of carbonyl (C=O) groups is 7. The summed E-state index contributed by atoms with van der Waals surface area (Å²) in [5, 5.41) is 105. The number of carbonyl (C=O) groups excluding carboxylic acids is 7. The van der Waals surface area contributed by atoms with E-state index >= 15 is 0 Å². The first-order valence-electron chi connectivity index (χ1n) is 27.2. The van der Waals surface area contributed by atoms with Gasteiger partial charge in [-0.15, -0.1) is 0 Å². The number of hydrogen-bond acceptors (Lipinski definition) is 17. The average molecular weight is 1140 g/mol. The van der Waals surface area contributed by atoms with Gasteiger partial charge in [0.15, 0.2) is 6.23 Å². The van der Waals surface area contributed by atoms with Crippen LogP contribution in [0.25, 0.3) is 22.3 Å². The second kappa shape index (κ2) is 27.0. The Morgan fingerprint density at radius 1 is 0.646 bits per heavy atom. The highest BCUT2D eigenvalue weighted by Gasteiger charge is 2.51. The lowest BCUT2D eigenvalue weighted by Gasteiger charge is -2.34. The van der Waals surface area contributed by atoms with Crippen LogP contribution < -0.4 is 26.4 Å². The molecule has 0 unspecified atom stereocenters. The Labute approximate surface area is 473 Å². The highest BCUT2D eigenvalue weighted by molar-refractivity contribution is 6.01. The maximum Gasteiger partial charge on any atom is 0.256 e. The van der Waals surface area contributed by atoms with Crippen LogP contribution in [0.1, 0.15) is 81.8 Å². The fraction of sp³-hybridized carbons (Fsp3) is 0.466. The molecule has 0 saturated carbocycles. The molecule has 82 heavy (non-hydrogen) atoms. The number of nitrogens with zero attached hydrogens (tertiary/aromatic N) is 3. The summed E-state index contributed by atoms with van der Waals surface area (Å²) in [6.07, 6.45) is -11.9. The second-order valence-electron chi connectivity index (χ2n) is 21.3. The van der Waals surface area contributed by atoms with Crippen molar-refractivity contribution >= 4 is 41.4 Å². The van der Waals surface area contributed by atoms with Crippen LogP contribution in [-0.4, -0.2) is 201 Å². The number of phenols is 1. The third-order valence-corrected chi connectivity index (χ3v) is 15.3. The van der Waals surface area contributed by atoms with E-state index in [1.54, 1.807) is 12.1 Å². The van der Waals surface area contributed by atoms with Crippen molar-refractivity contribution in [1.82, 2.24) is 30.7 Å². The normalized spacial score (nSPS) is 24.1. The van der Waals surface area contributed by atoms with Crippen LogP contribution in [0.2, 0.25) is 0 Å². The summed E-state index contributed by atoms with van der Waals surface area (Å²) in [6.45, 7) is 5.73. The first-order chi connectivity index (χ1) is 38.9. The molecule has 14 N–H and O–H groups in total. The molecule has 3 aliphatic rings. The molecule has 3 aliphatic heterocycles. The zero-order chi connectivity index (χ0) is 59.9. The van der Waals surface area contributed by atoms with Gasteiger partial charge in [-0.1, -0.05) is 87.4 Å². The molecule has 3 saturated heterocycles. The maximum atomic E-state index is 14.4. The smallest absolute Gasteiger partial charge is 0.256 e.